The number of thiol groups is 1. The van der Waals surface area contributed by atoms with Crippen LogP contribution in [0.4, 0.5) is 0 Å². The van der Waals surface area contributed by atoms with Gasteiger partial charge < -0.3 is 0 Å². The van der Waals surface area contributed by atoms with Gasteiger partial charge in [0.15, 0.2) is 0 Å². The van der Waals surface area contributed by atoms with E-state index in [4.69, 9.17) is 12.6 Å². The lowest BCUT2D eigenvalue weighted by atomic mass is 9.60. The predicted octanol–water partition coefficient (Wildman–Crippen LogP) is 5.88. The van der Waals surface area contributed by atoms with E-state index in [-0.39, 0.29) is 0 Å². The van der Waals surface area contributed by atoms with Gasteiger partial charge in [-0.3, -0.25) is 0 Å². The first-order valence-corrected chi connectivity index (χ1v) is 9.60. The molecule has 20 heavy (non-hydrogen) atoms. The topological polar surface area (TPSA) is 0 Å². The zero-order chi connectivity index (χ0) is 14.1. The lowest BCUT2D eigenvalue weighted by Gasteiger charge is -2.45. The van der Waals surface area contributed by atoms with Gasteiger partial charge in [-0.25, -0.2) is 0 Å². The average molecular weight is 293 g/mol. The molecule has 4 unspecified atom stereocenters. The predicted molar refractivity (Wildman–Crippen MR) is 91.2 cm³/mol. The molecule has 0 N–H and O–H groups in total. The third kappa shape index (κ3) is 2.98. The van der Waals surface area contributed by atoms with E-state index in [2.05, 4.69) is 19.9 Å². The first kappa shape index (κ1) is 15.0. The molecule has 0 radical (unpaired) electrons. The van der Waals surface area contributed by atoms with E-state index in [1.807, 2.05) is 5.57 Å². The van der Waals surface area contributed by atoms with E-state index in [9.17, 15) is 0 Å². The first-order valence-electron chi connectivity index (χ1n) is 9.08. The van der Waals surface area contributed by atoms with E-state index >= 15 is 0 Å². The molecule has 2 fully saturated rings. The van der Waals surface area contributed by atoms with Gasteiger partial charge in [0, 0.05) is 5.25 Å². The minimum Gasteiger partial charge on any atom is -0.176 e. The summed E-state index contributed by atoms with van der Waals surface area (Å²) in [4.78, 5) is 0. The number of fused-ring (bicyclic) bond motifs is 4. The van der Waals surface area contributed by atoms with Crippen molar-refractivity contribution in [2.24, 2.45) is 29.6 Å². The Hall–Kier alpha value is 0.0900. The van der Waals surface area contributed by atoms with Crippen LogP contribution < -0.4 is 0 Å². The maximum atomic E-state index is 4.84. The van der Waals surface area contributed by atoms with Gasteiger partial charge in [-0.2, -0.15) is 12.6 Å². The largest absolute Gasteiger partial charge is 0.176 e. The summed E-state index contributed by atoms with van der Waals surface area (Å²) >= 11 is 4.84. The van der Waals surface area contributed by atoms with Crippen molar-refractivity contribution in [2.45, 2.75) is 76.9 Å². The van der Waals surface area contributed by atoms with Crippen LogP contribution in [-0.2, 0) is 0 Å². The number of allylic oxidation sites excluding steroid dienone is 2. The molecular formula is C19H32S. The second-order valence-electron chi connectivity index (χ2n) is 7.76. The van der Waals surface area contributed by atoms with Crippen LogP contribution in [0.5, 0.6) is 0 Å². The highest BCUT2D eigenvalue weighted by atomic mass is 32.1. The molecule has 3 rings (SSSR count). The summed E-state index contributed by atoms with van der Waals surface area (Å²) in [7, 11) is 0. The zero-order valence-electron chi connectivity index (χ0n) is 13.4. The highest BCUT2D eigenvalue weighted by Crippen LogP contribution is 2.50. The molecule has 0 amide bonds. The van der Waals surface area contributed by atoms with Crippen LogP contribution in [0.3, 0.4) is 0 Å². The van der Waals surface area contributed by atoms with Gasteiger partial charge in [0.05, 0.1) is 0 Å². The molecule has 0 aromatic carbocycles. The Bertz CT molecular complexity index is 359. The van der Waals surface area contributed by atoms with Crippen molar-refractivity contribution in [3.8, 4) is 0 Å². The zero-order valence-corrected chi connectivity index (χ0v) is 14.2. The summed E-state index contributed by atoms with van der Waals surface area (Å²) < 4.78 is 0. The maximum Gasteiger partial charge on any atom is 0.00171 e. The first-order chi connectivity index (χ1) is 9.69. The summed E-state index contributed by atoms with van der Waals surface area (Å²) in [5.41, 5.74) is 1.88. The summed E-state index contributed by atoms with van der Waals surface area (Å²) in [6.45, 7) is 4.92. The summed E-state index contributed by atoms with van der Waals surface area (Å²) in [6, 6.07) is 0. The molecule has 0 saturated heterocycles. The molecule has 0 nitrogen and oxygen atoms in total. The summed E-state index contributed by atoms with van der Waals surface area (Å²) in [5, 5.41) is 0.645. The fourth-order valence-corrected chi connectivity index (χ4v) is 5.65. The van der Waals surface area contributed by atoms with Crippen molar-refractivity contribution in [2.75, 3.05) is 0 Å². The Morgan fingerprint density at radius 2 is 1.90 bits per heavy atom. The Balaban J connectivity index is 1.92. The third-order valence-electron chi connectivity index (χ3n) is 6.48. The second-order valence-corrected chi connectivity index (χ2v) is 8.49. The normalized spacial score (nSPS) is 45.6. The van der Waals surface area contributed by atoms with Crippen molar-refractivity contribution in [3.05, 3.63) is 11.6 Å². The Morgan fingerprint density at radius 1 is 1.10 bits per heavy atom. The van der Waals surface area contributed by atoms with Crippen molar-refractivity contribution >= 4 is 12.6 Å². The smallest absolute Gasteiger partial charge is 0.00171 e. The highest BCUT2D eigenvalue weighted by Gasteiger charge is 2.40. The van der Waals surface area contributed by atoms with Crippen molar-refractivity contribution in [1.82, 2.24) is 0 Å². The van der Waals surface area contributed by atoms with Gasteiger partial charge in [0.2, 0.25) is 0 Å². The van der Waals surface area contributed by atoms with Crippen LogP contribution in [0.1, 0.15) is 71.6 Å². The van der Waals surface area contributed by atoms with E-state index in [0.717, 1.165) is 29.6 Å². The molecule has 0 heterocycles. The summed E-state index contributed by atoms with van der Waals surface area (Å²) in [6.07, 6.45) is 15.5. The van der Waals surface area contributed by atoms with E-state index in [1.165, 1.54) is 57.8 Å². The number of hydrogen-bond donors (Lipinski definition) is 1. The van der Waals surface area contributed by atoms with Gasteiger partial charge in [0.1, 0.15) is 0 Å². The van der Waals surface area contributed by atoms with E-state index in [1.54, 1.807) is 0 Å². The molecule has 0 spiro atoms. The molecule has 2 saturated carbocycles. The lowest BCUT2D eigenvalue weighted by molar-refractivity contribution is 0.148. The molecule has 3 aliphatic carbocycles. The minimum absolute atomic E-state index is 0.645. The van der Waals surface area contributed by atoms with Gasteiger partial charge in [-0.15, -0.1) is 0 Å². The second kappa shape index (κ2) is 6.46. The van der Waals surface area contributed by atoms with E-state index < -0.39 is 0 Å². The Morgan fingerprint density at radius 3 is 2.70 bits per heavy atom. The Labute approximate surface area is 131 Å². The van der Waals surface area contributed by atoms with Gasteiger partial charge in [-0.1, -0.05) is 38.3 Å². The van der Waals surface area contributed by atoms with Crippen LogP contribution >= 0.6 is 12.6 Å². The van der Waals surface area contributed by atoms with Crippen molar-refractivity contribution in [3.63, 3.8) is 0 Å². The fourth-order valence-electron chi connectivity index (χ4n) is 5.35. The molecule has 114 valence electrons. The van der Waals surface area contributed by atoms with Gasteiger partial charge in [-0.05, 0) is 74.5 Å². The Kier molecular flexibility index (Phi) is 4.85. The number of rotatable bonds is 1. The monoisotopic (exact) mass is 292 g/mol. The van der Waals surface area contributed by atoms with Crippen LogP contribution in [0.15, 0.2) is 11.6 Å². The molecule has 6 atom stereocenters. The molecule has 2 bridgehead atoms. The molecule has 0 aromatic heterocycles. The van der Waals surface area contributed by atoms with Crippen LogP contribution in [0, 0.1) is 29.6 Å². The van der Waals surface area contributed by atoms with Crippen LogP contribution in [0.2, 0.25) is 0 Å². The standard InChI is InChI=1S/C19H32S/c1-3-15-8-10-17(20)9-7-13(2)18-12-14-5-4-6-16(11-14)19(15)18/h12-17,19-20H,3-11H2,1-2H3/t13?,14?,15-,16?,17-,19?/m0/s1. The van der Waals surface area contributed by atoms with E-state index in [0.29, 0.717) is 5.25 Å². The van der Waals surface area contributed by atoms with Crippen LogP contribution in [-0.4, -0.2) is 5.25 Å². The molecule has 1 heteroatoms. The van der Waals surface area contributed by atoms with Gasteiger partial charge in [0.25, 0.3) is 0 Å². The molecule has 0 aromatic rings. The maximum absolute atomic E-state index is 4.84. The lowest BCUT2D eigenvalue weighted by Crippen LogP contribution is -2.35. The minimum atomic E-state index is 0.645. The fraction of sp³-hybridized carbons (Fsp3) is 0.895. The SMILES string of the molecule is CC[C@H]1CC[C@@H](S)CCC(C)C2=CC3CCCC(C3)C21. The average Bonchev–Trinajstić information content (AvgIpc) is 2.51. The summed E-state index contributed by atoms with van der Waals surface area (Å²) in [5.74, 6) is 4.60. The quantitative estimate of drug-likeness (QED) is 0.452. The molecule has 0 aliphatic heterocycles. The van der Waals surface area contributed by atoms with Crippen LogP contribution in [0.25, 0.3) is 0 Å². The van der Waals surface area contributed by atoms with Crippen molar-refractivity contribution < 1.29 is 0 Å². The molecular weight excluding hydrogens is 260 g/mol. The number of hydrogen-bond acceptors (Lipinski definition) is 1. The molecule has 3 aliphatic rings. The third-order valence-corrected chi connectivity index (χ3v) is 7.00. The van der Waals surface area contributed by atoms with Crippen molar-refractivity contribution in [1.29, 1.82) is 0 Å². The van der Waals surface area contributed by atoms with Gasteiger partial charge >= 0.3 is 0 Å². The highest BCUT2D eigenvalue weighted by molar-refractivity contribution is 7.80.